The molecule has 0 aromatic heterocycles. The Kier molecular flexibility index (Phi) is 12.9. The van der Waals surface area contributed by atoms with E-state index in [-0.39, 0.29) is 31.0 Å². The quantitative estimate of drug-likeness (QED) is 0.110. The van der Waals surface area contributed by atoms with Crippen LogP contribution in [0.4, 0.5) is 0 Å². The van der Waals surface area contributed by atoms with Crippen molar-refractivity contribution in [2.75, 3.05) is 19.8 Å². The fraction of sp³-hybridized carbons (Fsp3) is 1.00. The summed E-state index contributed by atoms with van der Waals surface area (Å²) in [6, 6.07) is 0. The molecule has 10 N–H and O–H groups in total. The Bertz CT molecular complexity index is 497. The molecule has 1 rings (SSSR count). The largest absolute Gasteiger partial charge is 1.00 e. The summed E-state index contributed by atoms with van der Waals surface area (Å²) < 4.78 is 25.6. The van der Waals surface area contributed by atoms with Gasteiger partial charge in [0, 0.05) is 0 Å². The minimum atomic E-state index is -5.28. The van der Waals surface area contributed by atoms with Crippen LogP contribution in [0.2, 0.25) is 0 Å². The second-order valence-corrected chi connectivity index (χ2v) is 7.05. The summed E-state index contributed by atoms with van der Waals surface area (Å²) in [7, 11) is -5.28. The molecule has 0 bridgehead atoms. The number of rotatable bonds is 10. The van der Waals surface area contributed by atoms with E-state index in [1.165, 1.54) is 0 Å². The fourth-order valence-electron chi connectivity index (χ4n) is 2.44. The van der Waals surface area contributed by atoms with Gasteiger partial charge in [0.25, 0.3) is 0 Å². The molecule has 164 valence electrons. The van der Waals surface area contributed by atoms with Crippen LogP contribution in [0.15, 0.2) is 0 Å². The van der Waals surface area contributed by atoms with Crippen LogP contribution in [0.1, 0.15) is 1.43 Å². The molecule has 0 amide bonds. The van der Waals surface area contributed by atoms with Crippen molar-refractivity contribution in [1.29, 1.82) is 0 Å². The molecule has 1 aliphatic heterocycles. The summed E-state index contributed by atoms with van der Waals surface area (Å²) in [6.45, 7) is -2.95. The van der Waals surface area contributed by atoms with Crippen LogP contribution in [-0.4, -0.2) is 126 Å². The molecule has 0 unspecified atom stereocenters. The van der Waals surface area contributed by atoms with Gasteiger partial charge >= 0.3 is 37.4 Å². The molecular formula is C12H26NaO14P. The maximum absolute atomic E-state index is 11.1. The topological polar surface area (TPSA) is 247 Å². The third kappa shape index (κ3) is 7.76. The van der Waals surface area contributed by atoms with E-state index >= 15 is 0 Å². The SMILES string of the molecule is O=P(O)(O)O[C@@H]([C@H](O[C@H]1O[C@H](CO)[C@@H](O)[C@H](O)[C@H]1O)[C@H](O)CO)[C@@H](O)CO.[H-].[Na+]. The number of aliphatic hydroxyl groups is 8. The first-order chi connectivity index (χ1) is 12.5. The van der Waals surface area contributed by atoms with Crippen molar-refractivity contribution in [1.82, 2.24) is 0 Å². The summed E-state index contributed by atoms with van der Waals surface area (Å²) in [5.74, 6) is 0. The van der Waals surface area contributed by atoms with Crippen LogP contribution < -0.4 is 29.6 Å². The van der Waals surface area contributed by atoms with E-state index in [2.05, 4.69) is 4.52 Å². The van der Waals surface area contributed by atoms with Crippen molar-refractivity contribution in [2.45, 2.75) is 55.1 Å². The smallest absolute Gasteiger partial charge is 1.00 e. The number of hydrogen-bond acceptors (Lipinski definition) is 12. The van der Waals surface area contributed by atoms with E-state index in [1.807, 2.05) is 0 Å². The Morgan fingerprint density at radius 3 is 1.86 bits per heavy atom. The number of phosphoric acid groups is 1. The molecule has 1 fully saturated rings. The summed E-state index contributed by atoms with van der Waals surface area (Å²) in [6.07, 6.45) is -16.9. The van der Waals surface area contributed by atoms with E-state index < -0.39 is 82.8 Å². The molecule has 0 saturated carbocycles. The Hall–Kier alpha value is 0.710. The summed E-state index contributed by atoms with van der Waals surface area (Å²) in [5.41, 5.74) is 0. The van der Waals surface area contributed by atoms with Gasteiger partial charge in [0.1, 0.15) is 48.8 Å². The van der Waals surface area contributed by atoms with E-state index in [9.17, 15) is 30.1 Å². The van der Waals surface area contributed by atoms with Crippen LogP contribution in [-0.2, 0) is 18.6 Å². The van der Waals surface area contributed by atoms with Gasteiger partial charge in [-0.15, -0.1) is 0 Å². The first-order valence-electron chi connectivity index (χ1n) is 7.74. The zero-order valence-corrected chi connectivity index (χ0v) is 17.8. The van der Waals surface area contributed by atoms with Crippen LogP contribution in [0.5, 0.6) is 0 Å². The maximum atomic E-state index is 11.1. The summed E-state index contributed by atoms with van der Waals surface area (Å²) >= 11 is 0. The molecule has 1 saturated heterocycles. The molecule has 0 aromatic carbocycles. The molecule has 0 spiro atoms. The number of aliphatic hydroxyl groups excluding tert-OH is 8. The first kappa shape index (κ1) is 28.7. The van der Waals surface area contributed by atoms with E-state index in [1.54, 1.807) is 0 Å². The summed E-state index contributed by atoms with van der Waals surface area (Å²) in [5, 5.41) is 76.4. The monoisotopic (exact) mass is 448 g/mol. The Labute approximate surface area is 182 Å². The van der Waals surface area contributed by atoms with Crippen molar-refractivity contribution >= 4 is 7.82 Å². The summed E-state index contributed by atoms with van der Waals surface area (Å²) in [4.78, 5) is 17.9. The normalized spacial score (nSPS) is 32.9. The number of ether oxygens (including phenoxy) is 2. The third-order valence-electron chi connectivity index (χ3n) is 3.86. The van der Waals surface area contributed by atoms with Gasteiger partial charge in [-0.2, -0.15) is 0 Å². The minimum absolute atomic E-state index is 0. The average Bonchev–Trinajstić information content (AvgIpc) is 2.62. The van der Waals surface area contributed by atoms with Gasteiger partial charge in [0.05, 0.1) is 19.8 Å². The van der Waals surface area contributed by atoms with Gasteiger partial charge in [0.15, 0.2) is 6.29 Å². The van der Waals surface area contributed by atoms with Gasteiger partial charge in [-0.3, -0.25) is 4.52 Å². The predicted octanol–water partition coefficient (Wildman–Crippen LogP) is -8.53. The minimum Gasteiger partial charge on any atom is -1.00 e. The molecule has 0 aliphatic carbocycles. The van der Waals surface area contributed by atoms with Gasteiger partial charge in [-0.05, 0) is 0 Å². The molecule has 0 radical (unpaired) electrons. The third-order valence-corrected chi connectivity index (χ3v) is 4.37. The zero-order valence-electron chi connectivity index (χ0n) is 15.9. The molecule has 14 nitrogen and oxygen atoms in total. The molecule has 1 aliphatic rings. The van der Waals surface area contributed by atoms with Crippen LogP contribution in [0.3, 0.4) is 0 Å². The van der Waals surface area contributed by atoms with E-state index in [4.69, 9.17) is 34.6 Å². The predicted molar refractivity (Wildman–Crippen MR) is 82.9 cm³/mol. The maximum Gasteiger partial charge on any atom is 1.00 e. The van der Waals surface area contributed by atoms with E-state index in [0.717, 1.165) is 0 Å². The van der Waals surface area contributed by atoms with Crippen molar-refractivity contribution in [3.63, 3.8) is 0 Å². The molecule has 0 aromatic rings. The van der Waals surface area contributed by atoms with E-state index in [0.29, 0.717) is 0 Å². The van der Waals surface area contributed by atoms with Crippen molar-refractivity contribution < 1.29 is 100 Å². The second-order valence-electron chi connectivity index (χ2n) is 5.86. The second kappa shape index (κ2) is 12.5. The van der Waals surface area contributed by atoms with Gasteiger partial charge in [0.2, 0.25) is 0 Å². The molecule has 1 heterocycles. The Balaban J connectivity index is 0. The first-order valence-corrected chi connectivity index (χ1v) is 9.27. The zero-order chi connectivity index (χ0) is 20.9. The van der Waals surface area contributed by atoms with Gasteiger partial charge in [-0.25, -0.2) is 4.57 Å². The van der Waals surface area contributed by atoms with Crippen LogP contribution >= 0.6 is 7.82 Å². The van der Waals surface area contributed by atoms with Crippen molar-refractivity contribution in [2.24, 2.45) is 0 Å². The van der Waals surface area contributed by atoms with Gasteiger partial charge < -0.3 is 61.5 Å². The number of phosphoric ester groups is 1. The Morgan fingerprint density at radius 1 is 0.929 bits per heavy atom. The van der Waals surface area contributed by atoms with Crippen LogP contribution in [0, 0.1) is 0 Å². The van der Waals surface area contributed by atoms with Crippen molar-refractivity contribution in [3.05, 3.63) is 0 Å². The Morgan fingerprint density at radius 2 is 1.43 bits per heavy atom. The molecule has 28 heavy (non-hydrogen) atoms. The van der Waals surface area contributed by atoms with Crippen molar-refractivity contribution in [3.8, 4) is 0 Å². The molecular weight excluding hydrogens is 422 g/mol. The van der Waals surface area contributed by atoms with Gasteiger partial charge in [-0.1, -0.05) is 0 Å². The average molecular weight is 448 g/mol. The number of hydrogen-bond donors (Lipinski definition) is 10. The molecule has 16 heteroatoms. The molecule has 9 atom stereocenters. The standard InChI is InChI=1S/C12H25O14P.Na.H/c13-1-4(16)10(11(5(17)2-14)26-27(21,22)23)25-12-9(20)8(19)7(18)6(3-15)24-12;;/h4-20H,1-3H2,(H2,21,22,23);;/q;+1;-1/t4-,5+,6-,7-,8+,9-,10-,11-,12-;;/m1../s1. The van der Waals surface area contributed by atoms with Crippen LogP contribution in [0.25, 0.3) is 0 Å². The fourth-order valence-corrected chi connectivity index (χ4v) is 3.01.